The van der Waals surface area contributed by atoms with E-state index in [-0.39, 0.29) is 30.2 Å². The number of benzene rings is 1. The second kappa shape index (κ2) is 7.96. The summed E-state index contributed by atoms with van der Waals surface area (Å²) < 4.78 is 5.35. The summed E-state index contributed by atoms with van der Waals surface area (Å²) in [5, 5.41) is 21.1. The largest absolute Gasteiger partial charge is 0.494 e. The lowest BCUT2D eigenvalue weighted by atomic mass is 10.0. The first-order valence-corrected chi connectivity index (χ1v) is 8.78. The number of amides is 2. The molecule has 1 aromatic heterocycles. The lowest BCUT2D eigenvalue weighted by Crippen LogP contribution is -2.38. The average molecular weight is 380 g/mol. The van der Waals surface area contributed by atoms with Crippen molar-refractivity contribution in [3.63, 3.8) is 0 Å². The number of rotatable bonds is 4. The van der Waals surface area contributed by atoms with Crippen LogP contribution >= 0.6 is 0 Å². The third kappa shape index (κ3) is 3.88. The van der Waals surface area contributed by atoms with Crippen LogP contribution in [0.2, 0.25) is 0 Å². The summed E-state index contributed by atoms with van der Waals surface area (Å²) in [6.07, 6.45) is 1.02. The molecule has 8 heteroatoms. The Hall–Kier alpha value is -3.60. The van der Waals surface area contributed by atoms with Gasteiger partial charge in [0.1, 0.15) is 11.4 Å². The molecule has 1 saturated heterocycles. The quantitative estimate of drug-likeness (QED) is 0.842. The van der Waals surface area contributed by atoms with Gasteiger partial charge in [0, 0.05) is 24.2 Å². The molecule has 0 bridgehead atoms. The number of nitrogens with zero attached hydrogens (tertiary/aromatic N) is 3. The van der Waals surface area contributed by atoms with Crippen molar-refractivity contribution in [3.05, 3.63) is 47.8 Å². The lowest BCUT2D eigenvalue weighted by molar-refractivity contribution is 0.0930. The van der Waals surface area contributed by atoms with Gasteiger partial charge in [0.25, 0.3) is 5.91 Å². The summed E-state index contributed by atoms with van der Waals surface area (Å²) in [6, 6.07) is 10.3. The van der Waals surface area contributed by atoms with Crippen molar-refractivity contribution in [2.75, 3.05) is 13.7 Å². The van der Waals surface area contributed by atoms with Crippen molar-refractivity contribution in [2.45, 2.75) is 25.4 Å². The van der Waals surface area contributed by atoms with Crippen LogP contribution in [0.5, 0.6) is 5.75 Å². The number of carbonyl (C=O) groups is 2. The van der Waals surface area contributed by atoms with Crippen molar-refractivity contribution < 1.29 is 19.4 Å². The Morgan fingerprint density at radius 3 is 2.82 bits per heavy atom. The second-order valence-corrected chi connectivity index (χ2v) is 6.65. The molecule has 0 spiro atoms. The molecule has 3 rings (SSSR count). The minimum Gasteiger partial charge on any atom is -0.494 e. The molecule has 1 aliphatic heterocycles. The van der Waals surface area contributed by atoms with E-state index in [1.165, 1.54) is 18.2 Å². The first kappa shape index (κ1) is 19.2. The van der Waals surface area contributed by atoms with E-state index in [1.54, 1.807) is 24.3 Å². The van der Waals surface area contributed by atoms with E-state index in [1.807, 2.05) is 13.0 Å². The van der Waals surface area contributed by atoms with Crippen LogP contribution < -0.4 is 10.1 Å². The number of hydrogen-bond donors (Lipinski definition) is 2. The standard InChI is InChI=1S/C20H20N4O4/c1-12-6-15(11-24(12)20(26)27)23-19(25)17-8-16(18(28-2)10-22-17)14-5-3-4-13(7-14)9-21/h3-5,7-8,10,12,15H,6,11H2,1-2H3,(H,23,25)(H,26,27). The summed E-state index contributed by atoms with van der Waals surface area (Å²) >= 11 is 0. The Morgan fingerprint density at radius 2 is 2.18 bits per heavy atom. The van der Waals surface area contributed by atoms with Crippen LogP contribution in [0.1, 0.15) is 29.4 Å². The van der Waals surface area contributed by atoms with E-state index in [0.29, 0.717) is 23.3 Å². The van der Waals surface area contributed by atoms with Crippen LogP contribution in [0.15, 0.2) is 36.5 Å². The monoisotopic (exact) mass is 380 g/mol. The molecule has 0 radical (unpaired) electrons. The van der Waals surface area contributed by atoms with Crippen LogP contribution in [-0.4, -0.2) is 52.7 Å². The van der Waals surface area contributed by atoms with Crippen LogP contribution in [0.3, 0.4) is 0 Å². The molecule has 144 valence electrons. The summed E-state index contributed by atoms with van der Waals surface area (Å²) in [6.45, 7) is 2.06. The van der Waals surface area contributed by atoms with Crippen molar-refractivity contribution in [1.82, 2.24) is 15.2 Å². The van der Waals surface area contributed by atoms with E-state index >= 15 is 0 Å². The van der Waals surface area contributed by atoms with Crippen molar-refractivity contribution in [1.29, 1.82) is 5.26 Å². The van der Waals surface area contributed by atoms with Gasteiger partial charge in [-0.25, -0.2) is 9.78 Å². The van der Waals surface area contributed by atoms with Gasteiger partial charge >= 0.3 is 6.09 Å². The fourth-order valence-corrected chi connectivity index (χ4v) is 3.37. The predicted molar refractivity (Wildman–Crippen MR) is 101 cm³/mol. The van der Waals surface area contributed by atoms with Crippen LogP contribution in [-0.2, 0) is 0 Å². The molecule has 1 fully saturated rings. The SMILES string of the molecule is COc1cnc(C(=O)NC2CC(C)N(C(=O)O)C2)cc1-c1cccc(C#N)c1. The fraction of sp³-hybridized carbons (Fsp3) is 0.300. The minimum atomic E-state index is -0.994. The second-order valence-electron chi connectivity index (χ2n) is 6.65. The number of pyridine rings is 1. The highest BCUT2D eigenvalue weighted by Gasteiger charge is 2.33. The highest BCUT2D eigenvalue weighted by atomic mass is 16.5. The number of aromatic nitrogens is 1. The van der Waals surface area contributed by atoms with Gasteiger partial charge < -0.3 is 20.1 Å². The topological polar surface area (TPSA) is 116 Å². The number of carbonyl (C=O) groups excluding carboxylic acids is 1. The maximum Gasteiger partial charge on any atom is 0.407 e. The molecule has 2 aromatic rings. The number of nitriles is 1. The highest BCUT2D eigenvalue weighted by Crippen LogP contribution is 2.30. The van der Waals surface area contributed by atoms with E-state index < -0.39 is 6.09 Å². The maximum absolute atomic E-state index is 12.7. The third-order valence-electron chi connectivity index (χ3n) is 4.78. The van der Waals surface area contributed by atoms with Gasteiger partial charge in [0.2, 0.25) is 0 Å². The number of carboxylic acid groups (broad SMARTS) is 1. The smallest absolute Gasteiger partial charge is 0.407 e. The first-order valence-electron chi connectivity index (χ1n) is 8.78. The molecule has 2 unspecified atom stereocenters. The van der Waals surface area contributed by atoms with Crippen molar-refractivity contribution in [2.24, 2.45) is 0 Å². The van der Waals surface area contributed by atoms with Gasteiger partial charge in [0.15, 0.2) is 0 Å². The van der Waals surface area contributed by atoms with E-state index in [9.17, 15) is 14.7 Å². The zero-order chi connectivity index (χ0) is 20.3. The van der Waals surface area contributed by atoms with Crippen LogP contribution in [0.4, 0.5) is 4.79 Å². The first-order chi connectivity index (χ1) is 13.4. The molecule has 0 aliphatic carbocycles. The van der Waals surface area contributed by atoms with E-state index in [2.05, 4.69) is 16.4 Å². The Labute approximate surface area is 162 Å². The molecule has 8 nitrogen and oxygen atoms in total. The molecule has 2 N–H and O–H groups in total. The Morgan fingerprint density at radius 1 is 1.39 bits per heavy atom. The zero-order valence-electron chi connectivity index (χ0n) is 15.5. The van der Waals surface area contributed by atoms with E-state index in [4.69, 9.17) is 10.00 Å². The molecule has 28 heavy (non-hydrogen) atoms. The summed E-state index contributed by atoms with van der Waals surface area (Å²) in [7, 11) is 1.51. The van der Waals surface area contributed by atoms with Gasteiger partial charge in [0.05, 0.1) is 24.9 Å². The highest BCUT2D eigenvalue weighted by molar-refractivity contribution is 5.94. The average Bonchev–Trinajstić information content (AvgIpc) is 3.07. The molecule has 2 amide bonds. The van der Waals surface area contributed by atoms with Crippen molar-refractivity contribution in [3.8, 4) is 22.9 Å². The number of hydrogen-bond acceptors (Lipinski definition) is 5. The molecular formula is C20H20N4O4. The summed E-state index contributed by atoms with van der Waals surface area (Å²) in [5.41, 5.74) is 2.07. The number of ether oxygens (including phenoxy) is 1. The van der Waals surface area contributed by atoms with Gasteiger partial charge in [-0.05, 0) is 37.1 Å². The summed E-state index contributed by atoms with van der Waals surface area (Å²) in [5.74, 6) is 0.1000. The van der Waals surface area contributed by atoms with Crippen LogP contribution in [0, 0.1) is 11.3 Å². The Balaban J connectivity index is 1.84. The van der Waals surface area contributed by atoms with Gasteiger partial charge in [-0.1, -0.05) is 12.1 Å². The summed E-state index contributed by atoms with van der Waals surface area (Å²) in [4.78, 5) is 29.3. The lowest BCUT2D eigenvalue weighted by Gasteiger charge is -2.16. The third-order valence-corrected chi connectivity index (χ3v) is 4.78. The molecule has 2 heterocycles. The molecule has 2 atom stereocenters. The Bertz CT molecular complexity index is 953. The number of likely N-dealkylation sites (tertiary alicyclic amines) is 1. The van der Waals surface area contributed by atoms with Gasteiger partial charge in [-0.3, -0.25) is 4.79 Å². The molecule has 0 saturated carbocycles. The normalized spacial score (nSPS) is 18.4. The maximum atomic E-state index is 12.7. The van der Waals surface area contributed by atoms with Gasteiger partial charge in [-0.2, -0.15) is 5.26 Å². The molecular weight excluding hydrogens is 360 g/mol. The van der Waals surface area contributed by atoms with Gasteiger partial charge in [-0.15, -0.1) is 0 Å². The number of methoxy groups -OCH3 is 1. The molecule has 1 aromatic carbocycles. The zero-order valence-corrected chi connectivity index (χ0v) is 15.5. The Kier molecular flexibility index (Phi) is 5.45. The van der Waals surface area contributed by atoms with Crippen molar-refractivity contribution >= 4 is 12.0 Å². The van der Waals surface area contributed by atoms with Crippen LogP contribution in [0.25, 0.3) is 11.1 Å². The number of nitrogens with one attached hydrogen (secondary N) is 1. The van der Waals surface area contributed by atoms with E-state index in [0.717, 1.165) is 5.56 Å². The predicted octanol–water partition coefficient (Wildman–Crippen LogP) is 2.50. The fourth-order valence-electron chi connectivity index (χ4n) is 3.37. The minimum absolute atomic E-state index is 0.157. The molecule has 1 aliphatic rings.